The molecule has 0 fully saturated rings. The van der Waals surface area contributed by atoms with Crippen LogP contribution in [0.25, 0.3) is 0 Å². The van der Waals surface area contributed by atoms with Gasteiger partial charge in [-0.3, -0.25) is 4.79 Å². The minimum absolute atomic E-state index is 0.320. The minimum atomic E-state index is -1.000. The van der Waals surface area contributed by atoms with Crippen LogP contribution in [0, 0.1) is 0 Å². The van der Waals surface area contributed by atoms with E-state index >= 15 is 0 Å². The summed E-state index contributed by atoms with van der Waals surface area (Å²) in [5.74, 6) is -0.664. The smallest absolute Gasteiger partial charge is 0.326 e. The Bertz CT molecular complexity index is 474. The van der Waals surface area contributed by atoms with Gasteiger partial charge in [0.2, 0.25) is 0 Å². The maximum Gasteiger partial charge on any atom is 0.326 e. The minimum Gasteiger partial charge on any atom is -0.480 e. The van der Waals surface area contributed by atoms with Gasteiger partial charge in [0.05, 0.1) is 0 Å². The quantitative estimate of drug-likeness (QED) is 0.862. The number of aromatic nitrogens is 1. The van der Waals surface area contributed by atoms with E-state index < -0.39 is 12.0 Å². The molecule has 104 valence electrons. The van der Waals surface area contributed by atoms with Crippen molar-refractivity contribution in [3.05, 3.63) is 23.9 Å². The second-order valence-corrected chi connectivity index (χ2v) is 4.48. The van der Waals surface area contributed by atoms with Gasteiger partial charge in [-0.05, 0) is 18.6 Å². The van der Waals surface area contributed by atoms with E-state index in [4.69, 9.17) is 5.11 Å². The first-order valence-electron chi connectivity index (χ1n) is 6.01. The fraction of sp³-hybridized carbons (Fsp3) is 0.462. The van der Waals surface area contributed by atoms with Crippen LogP contribution >= 0.6 is 0 Å². The SMILES string of the molecule is CCC(C(=O)O)N(C)C(=O)c1ccnc(N(C)C)c1. The van der Waals surface area contributed by atoms with E-state index in [0.29, 0.717) is 17.8 Å². The lowest BCUT2D eigenvalue weighted by Gasteiger charge is -2.24. The van der Waals surface area contributed by atoms with E-state index in [0.717, 1.165) is 0 Å². The Hall–Kier alpha value is -2.11. The van der Waals surface area contributed by atoms with Crippen LogP contribution in [0.15, 0.2) is 18.3 Å². The lowest BCUT2D eigenvalue weighted by atomic mass is 10.1. The molecule has 0 aliphatic carbocycles. The van der Waals surface area contributed by atoms with Gasteiger partial charge in [0, 0.05) is 32.9 Å². The maximum absolute atomic E-state index is 12.2. The summed E-state index contributed by atoms with van der Waals surface area (Å²) >= 11 is 0. The van der Waals surface area contributed by atoms with Crippen LogP contribution in [0.1, 0.15) is 23.7 Å². The van der Waals surface area contributed by atoms with E-state index in [1.165, 1.54) is 18.1 Å². The number of amides is 1. The van der Waals surface area contributed by atoms with Gasteiger partial charge in [0.25, 0.3) is 5.91 Å². The molecule has 0 saturated heterocycles. The Morgan fingerprint density at radius 2 is 2.00 bits per heavy atom. The second kappa shape index (κ2) is 6.17. The van der Waals surface area contributed by atoms with Crippen molar-refractivity contribution in [1.82, 2.24) is 9.88 Å². The Morgan fingerprint density at radius 3 is 2.47 bits per heavy atom. The van der Waals surface area contributed by atoms with Crippen LogP contribution in [0.3, 0.4) is 0 Å². The average Bonchev–Trinajstić information content (AvgIpc) is 2.38. The van der Waals surface area contributed by atoms with E-state index in [-0.39, 0.29) is 5.91 Å². The van der Waals surface area contributed by atoms with Crippen LogP contribution in [0.4, 0.5) is 5.82 Å². The van der Waals surface area contributed by atoms with Gasteiger partial charge >= 0.3 is 5.97 Å². The molecular weight excluding hydrogens is 246 g/mol. The van der Waals surface area contributed by atoms with Gasteiger partial charge in [0.15, 0.2) is 0 Å². The number of anilines is 1. The summed E-state index contributed by atoms with van der Waals surface area (Å²) in [6.07, 6.45) is 1.90. The summed E-state index contributed by atoms with van der Waals surface area (Å²) < 4.78 is 0. The van der Waals surface area contributed by atoms with Crippen LogP contribution in [-0.4, -0.2) is 54.1 Å². The molecule has 0 aliphatic heterocycles. The predicted molar refractivity (Wildman–Crippen MR) is 72.4 cm³/mol. The maximum atomic E-state index is 12.2. The highest BCUT2D eigenvalue weighted by atomic mass is 16.4. The summed E-state index contributed by atoms with van der Waals surface area (Å²) in [5.41, 5.74) is 0.431. The third kappa shape index (κ3) is 3.43. The number of hydrogen-bond donors (Lipinski definition) is 1. The molecule has 1 heterocycles. The zero-order valence-corrected chi connectivity index (χ0v) is 11.6. The molecule has 19 heavy (non-hydrogen) atoms. The van der Waals surface area contributed by atoms with Crippen LogP contribution in [0.2, 0.25) is 0 Å². The van der Waals surface area contributed by atoms with Crippen molar-refractivity contribution in [3.8, 4) is 0 Å². The fourth-order valence-electron chi connectivity index (χ4n) is 1.76. The summed E-state index contributed by atoms with van der Waals surface area (Å²) in [6, 6.07) is 2.41. The molecule has 0 bridgehead atoms. The number of hydrogen-bond acceptors (Lipinski definition) is 4. The molecule has 6 heteroatoms. The highest BCUT2D eigenvalue weighted by Crippen LogP contribution is 2.13. The number of carbonyl (C=O) groups excluding carboxylic acids is 1. The molecule has 0 spiro atoms. The molecule has 0 aromatic carbocycles. The average molecular weight is 265 g/mol. The number of carboxylic acid groups (broad SMARTS) is 1. The highest BCUT2D eigenvalue weighted by Gasteiger charge is 2.25. The monoisotopic (exact) mass is 265 g/mol. The molecule has 1 N–H and O–H groups in total. The van der Waals surface area contributed by atoms with Gasteiger partial charge in [-0.1, -0.05) is 6.92 Å². The number of rotatable bonds is 5. The number of carboxylic acids is 1. The largest absolute Gasteiger partial charge is 0.480 e. The predicted octanol–water partition coefficient (Wildman–Crippen LogP) is 1.08. The topological polar surface area (TPSA) is 73.7 Å². The standard InChI is InChI=1S/C13H19N3O3/c1-5-10(13(18)19)16(4)12(17)9-6-7-14-11(8-9)15(2)3/h6-8,10H,5H2,1-4H3,(H,18,19). The summed E-state index contributed by atoms with van der Waals surface area (Å²) in [4.78, 5) is 30.5. The van der Waals surface area contributed by atoms with E-state index in [2.05, 4.69) is 4.98 Å². The van der Waals surface area contributed by atoms with Crippen LogP contribution in [0.5, 0.6) is 0 Å². The van der Waals surface area contributed by atoms with Gasteiger partial charge in [0.1, 0.15) is 11.9 Å². The van der Waals surface area contributed by atoms with Gasteiger partial charge in [-0.2, -0.15) is 0 Å². The molecule has 0 radical (unpaired) electrons. The van der Waals surface area contributed by atoms with Crippen molar-refractivity contribution >= 4 is 17.7 Å². The number of nitrogens with zero attached hydrogens (tertiary/aromatic N) is 3. The third-order valence-electron chi connectivity index (χ3n) is 2.91. The molecule has 1 rings (SSSR count). The summed E-state index contributed by atoms with van der Waals surface area (Å²) in [7, 11) is 5.15. The normalized spacial score (nSPS) is 11.8. The molecule has 1 aromatic rings. The van der Waals surface area contributed by atoms with Crippen LogP contribution < -0.4 is 4.90 Å². The van der Waals surface area contributed by atoms with Crippen LogP contribution in [-0.2, 0) is 4.79 Å². The van der Waals surface area contributed by atoms with Crippen molar-refractivity contribution in [2.24, 2.45) is 0 Å². The molecule has 6 nitrogen and oxygen atoms in total. The van der Waals surface area contributed by atoms with Crippen molar-refractivity contribution < 1.29 is 14.7 Å². The molecule has 1 unspecified atom stereocenters. The molecule has 1 atom stereocenters. The first-order valence-corrected chi connectivity index (χ1v) is 6.01. The Kier molecular flexibility index (Phi) is 4.86. The highest BCUT2D eigenvalue weighted by molar-refractivity contribution is 5.96. The Morgan fingerprint density at radius 1 is 1.37 bits per heavy atom. The van der Waals surface area contributed by atoms with Gasteiger partial charge in [-0.15, -0.1) is 0 Å². The van der Waals surface area contributed by atoms with E-state index in [9.17, 15) is 9.59 Å². The van der Waals surface area contributed by atoms with Crippen molar-refractivity contribution in [2.45, 2.75) is 19.4 Å². The second-order valence-electron chi connectivity index (χ2n) is 4.48. The number of aliphatic carboxylic acids is 1. The van der Waals surface area contributed by atoms with E-state index in [1.807, 2.05) is 14.1 Å². The number of pyridine rings is 1. The first kappa shape index (κ1) is 14.9. The Labute approximate surface area is 112 Å². The lowest BCUT2D eigenvalue weighted by Crippen LogP contribution is -2.42. The fourth-order valence-corrected chi connectivity index (χ4v) is 1.76. The zero-order chi connectivity index (χ0) is 14.6. The van der Waals surface area contributed by atoms with Crippen molar-refractivity contribution in [3.63, 3.8) is 0 Å². The lowest BCUT2D eigenvalue weighted by molar-refractivity contribution is -0.142. The number of likely N-dealkylation sites (N-methyl/N-ethyl adjacent to an activating group) is 1. The molecular formula is C13H19N3O3. The first-order chi connectivity index (χ1) is 8.88. The van der Waals surface area contributed by atoms with Crippen molar-refractivity contribution in [1.29, 1.82) is 0 Å². The van der Waals surface area contributed by atoms with E-state index in [1.54, 1.807) is 24.0 Å². The molecule has 0 saturated carbocycles. The molecule has 1 aromatic heterocycles. The zero-order valence-electron chi connectivity index (χ0n) is 11.6. The van der Waals surface area contributed by atoms with Gasteiger partial charge in [-0.25, -0.2) is 9.78 Å². The molecule has 0 aliphatic rings. The van der Waals surface area contributed by atoms with Crippen molar-refractivity contribution in [2.75, 3.05) is 26.0 Å². The Balaban J connectivity index is 2.99. The van der Waals surface area contributed by atoms with Gasteiger partial charge < -0.3 is 14.9 Å². The molecule has 1 amide bonds. The summed E-state index contributed by atoms with van der Waals surface area (Å²) in [5, 5.41) is 9.07. The third-order valence-corrected chi connectivity index (χ3v) is 2.91. The number of carbonyl (C=O) groups is 2. The summed E-state index contributed by atoms with van der Waals surface area (Å²) in [6.45, 7) is 1.74.